The predicted octanol–water partition coefficient (Wildman–Crippen LogP) is 5.05. The monoisotopic (exact) mass is 301 g/mol. The number of rotatable bonds is 8. The molecule has 0 bridgehead atoms. The normalized spacial score (nSPS) is 13.7. The van der Waals surface area contributed by atoms with E-state index in [0.29, 0.717) is 12.3 Å². The largest absolute Gasteiger partial charge is 0.416 e. The Morgan fingerprint density at radius 3 is 2.43 bits per heavy atom. The van der Waals surface area contributed by atoms with Crippen LogP contribution in [0.1, 0.15) is 51.2 Å². The highest BCUT2D eigenvalue weighted by molar-refractivity contribution is 5.26. The molecule has 0 fully saturated rings. The van der Waals surface area contributed by atoms with Crippen molar-refractivity contribution in [1.29, 1.82) is 0 Å². The van der Waals surface area contributed by atoms with Gasteiger partial charge in [-0.25, -0.2) is 0 Å². The lowest BCUT2D eigenvalue weighted by Gasteiger charge is -2.19. The molecule has 0 aliphatic carbocycles. The summed E-state index contributed by atoms with van der Waals surface area (Å²) >= 11 is 0. The summed E-state index contributed by atoms with van der Waals surface area (Å²) < 4.78 is 38.2. The van der Waals surface area contributed by atoms with Crippen LogP contribution in [-0.2, 0) is 12.6 Å². The van der Waals surface area contributed by atoms with Crippen molar-refractivity contribution < 1.29 is 13.2 Å². The van der Waals surface area contributed by atoms with Crippen LogP contribution in [0.5, 0.6) is 0 Å². The van der Waals surface area contributed by atoms with Gasteiger partial charge < -0.3 is 5.32 Å². The number of benzene rings is 1. The number of nitrogens with one attached hydrogen (secondary N) is 1. The first-order chi connectivity index (χ1) is 9.82. The maximum atomic E-state index is 12.7. The Morgan fingerprint density at radius 1 is 1.14 bits per heavy atom. The van der Waals surface area contributed by atoms with E-state index < -0.39 is 11.7 Å². The molecule has 1 rings (SSSR count). The van der Waals surface area contributed by atoms with Crippen LogP contribution in [0.25, 0.3) is 0 Å². The molecule has 0 aliphatic rings. The zero-order valence-corrected chi connectivity index (χ0v) is 13.1. The number of hydrogen-bond acceptors (Lipinski definition) is 1. The quantitative estimate of drug-likeness (QED) is 0.708. The first-order valence-electron chi connectivity index (χ1n) is 7.72. The Hall–Kier alpha value is -1.03. The first-order valence-corrected chi connectivity index (χ1v) is 7.72. The summed E-state index contributed by atoms with van der Waals surface area (Å²) in [5.41, 5.74) is 0.192. The third-order valence-corrected chi connectivity index (χ3v) is 3.56. The standard InChI is InChI=1S/C17H26F3N/c1-4-21-16(10-5-7-13(2)3)12-14-8-6-9-15(11-14)17(18,19)20/h6,8-9,11,13,16,21H,4-5,7,10,12H2,1-3H3. The second-order valence-electron chi connectivity index (χ2n) is 5.98. The highest BCUT2D eigenvalue weighted by Gasteiger charge is 2.30. The highest BCUT2D eigenvalue weighted by Crippen LogP contribution is 2.29. The van der Waals surface area contributed by atoms with Crippen molar-refractivity contribution in [2.45, 2.75) is 58.7 Å². The first kappa shape index (κ1) is 18.0. The molecule has 0 aromatic heterocycles. The van der Waals surface area contributed by atoms with Crippen molar-refractivity contribution in [2.24, 2.45) is 5.92 Å². The van der Waals surface area contributed by atoms with Gasteiger partial charge in [0.1, 0.15) is 0 Å². The van der Waals surface area contributed by atoms with Gasteiger partial charge in [-0.05, 0) is 36.9 Å². The zero-order chi connectivity index (χ0) is 15.9. The summed E-state index contributed by atoms with van der Waals surface area (Å²) in [6.45, 7) is 7.25. The molecule has 1 N–H and O–H groups in total. The van der Waals surface area contributed by atoms with Gasteiger partial charge in [0.15, 0.2) is 0 Å². The molecule has 1 unspecified atom stereocenters. The molecule has 0 saturated heterocycles. The Labute approximate surface area is 125 Å². The minimum Gasteiger partial charge on any atom is -0.314 e. The van der Waals surface area contributed by atoms with Gasteiger partial charge in [0.2, 0.25) is 0 Å². The van der Waals surface area contributed by atoms with Crippen LogP contribution >= 0.6 is 0 Å². The van der Waals surface area contributed by atoms with Gasteiger partial charge in [-0.3, -0.25) is 0 Å². The van der Waals surface area contributed by atoms with Gasteiger partial charge >= 0.3 is 6.18 Å². The molecular weight excluding hydrogens is 275 g/mol. The molecule has 0 radical (unpaired) electrons. The molecule has 1 atom stereocenters. The molecule has 1 nitrogen and oxygen atoms in total. The summed E-state index contributed by atoms with van der Waals surface area (Å²) in [6.07, 6.45) is -0.349. The summed E-state index contributed by atoms with van der Waals surface area (Å²) in [5.74, 6) is 0.667. The van der Waals surface area contributed by atoms with E-state index in [9.17, 15) is 13.2 Å². The summed E-state index contributed by atoms with van der Waals surface area (Å²) in [7, 11) is 0. The average molecular weight is 301 g/mol. The number of likely N-dealkylation sites (N-methyl/N-ethyl adjacent to an activating group) is 1. The van der Waals surface area contributed by atoms with E-state index in [4.69, 9.17) is 0 Å². The van der Waals surface area contributed by atoms with Crippen LogP contribution < -0.4 is 5.32 Å². The van der Waals surface area contributed by atoms with E-state index in [2.05, 4.69) is 19.2 Å². The minimum absolute atomic E-state index is 0.247. The molecule has 0 heterocycles. The molecule has 1 aromatic rings. The lowest BCUT2D eigenvalue weighted by Crippen LogP contribution is -2.31. The van der Waals surface area contributed by atoms with Gasteiger partial charge in [-0.2, -0.15) is 13.2 Å². The van der Waals surface area contributed by atoms with Crippen molar-refractivity contribution in [3.05, 3.63) is 35.4 Å². The fourth-order valence-electron chi connectivity index (χ4n) is 2.50. The Balaban J connectivity index is 2.65. The fourth-order valence-corrected chi connectivity index (χ4v) is 2.50. The molecule has 0 amide bonds. The van der Waals surface area contributed by atoms with Crippen molar-refractivity contribution in [3.63, 3.8) is 0 Å². The van der Waals surface area contributed by atoms with Gasteiger partial charge in [0.05, 0.1) is 5.56 Å². The Kier molecular flexibility index (Phi) is 7.23. The average Bonchev–Trinajstić information content (AvgIpc) is 2.38. The Morgan fingerprint density at radius 2 is 1.86 bits per heavy atom. The van der Waals surface area contributed by atoms with Gasteiger partial charge in [-0.15, -0.1) is 0 Å². The number of alkyl halides is 3. The van der Waals surface area contributed by atoms with E-state index >= 15 is 0 Å². The molecular formula is C17H26F3N. The molecule has 1 aromatic carbocycles. The Bertz CT molecular complexity index is 413. The van der Waals surface area contributed by atoms with Crippen LogP contribution in [-0.4, -0.2) is 12.6 Å². The van der Waals surface area contributed by atoms with Crippen molar-refractivity contribution in [1.82, 2.24) is 5.32 Å². The maximum Gasteiger partial charge on any atom is 0.416 e. The summed E-state index contributed by atoms with van der Waals surface area (Å²) in [4.78, 5) is 0. The maximum absolute atomic E-state index is 12.7. The zero-order valence-electron chi connectivity index (χ0n) is 13.1. The highest BCUT2D eigenvalue weighted by atomic mass is 19.4. The fraction of sp³-hybridized carbons (Fsp3) is 0.647. The van der Waals surface area contributed by atoms with Crippen LogP contribution in [0.2, 0.25) is 0 Å². The third kappa shape index (κ3) is 6.98. The molecule has 0 saturated carbocycles. The van der Waals surface area contributed by atoms with Crippen LogP contribution in [0.3, 0.4) is 0 Å². The molecule has 4 heteroatoms. The number of hydrogen-bond donors (Lipinski definition) is 1. The number of halogens is 3. The van der Waals surface area contributed by atoms with Crippen LogP contribution in [0.15, 0.2) is 24.3 Å². The molecule has 120 valence electrons. The van der Waals surface area contributed by atoms with E-state index in [-0.39, 0.29) is 6.04 Å². The van der Waals surface area contributed by atoms with Gasteiger partial charge in [-0.1, -0.05) is 51.8 Å². The van der Waals surface area contributed by atoms with Crippen molar-refractivity contribution >= 4 is 0 Å². The summed E-state index contributed by atoms with van der Waals surface area (Å²) in [6, 6.07) is 5.92. The van der Waals surface area contributed by atoms with E-state index in [1.165, 1.54) is 12.1 Å². The van der Waals surface area contributed by atoms with Gasteiger partial charge in [0, 0.05) is 6.04 Å². The topological polar surface area (TPSA) is 12.0 Å². The molecule has 21 heavy (non-hydrogen) atoms. The summed E-state index contributed by atoms with van der Waals surface area (Å²) in [5, 5.41) is 3.38. The molecule has 0 spiro atoms. The second kappa shape index (κ2) is 8.42. The van der Waals surface area contributed by atoms with E-state index in [0.717, 1.165) is 37.4 Å². The van der Waals surface area contributed by atoms with Crippen molar-refractivity contribution in [2.75, 3.05) is 6.54 Å². The lowest BCUT2D eigenvalue weighted by atomic mass is 9.97. The van der Waals surface area contributed by atoms with Crippen LogP contribution in [0.4, 0.5) is 13.2 Å². The lowest BCUT2D eigenvalue weighted by molar-refractivity contribution is -0.137. The van der Waals surface area contributed by atoms with Gasteiger partial charge in [0.25, 0.3) is 0 Å². The minimum atomic E-state index is -4.26. The van der Waals surface area contributed by atoms with E-state index in [1.54, 1.807) is 6.07 Å². The smallest absolute Gasteiger partial charge is 0.314 e. The SMILES string of the molecule is CCNC(CCCC(C)C)Cc1cccc(C(F)(F)F)c1. The predicted molar refractivity (Wildman–Crippen MR) is 81.3 cm³/mol. The van der Waals surface area contributed by atoms with E-state index in [1.807, 2.05) is 6.92 Å². The van der Waals surface area contributed by atoms with Crippen LogP contribution in [0, 0.1) is 5.92 Å². The third-order valence-electron chi connectivity index (χ3n) is 3.56. The van der Waals surface area contributed by atoms with Crippen molar-refractivity contribution in [3.8, 4) is 0 Å². The molecule has 0 aliphatic heterocycles. The second-order valence-corrected chi connectivity index (χ2v) is 5.98.